The van der Waals surface area contributed by atoms with Crippen LogP contribution in [0.3, 0.4) is 0 Å². The van der Waals surface area contributed by atoms with Gasteiger partial charge in [-0.05, 0) is 102 Å². The van der Waals surface area contributed by atoms with Crippen molar-refractivity contribution >= 4 is 37.5 Å². The molecule has 8 rings (SSSR count). The van der Waals surface area contributed by atoms with E-state index < -0.39 is 0 Å². The number of halogens is 1. The average Bonchev–Trinajstić information content (AvgIpc) is 3.17. The second kappa shape index (κ2) is 8.18. The maximum absolute atomic E-state index is 3.64. The van der Waals surface area contributed by atoms with Gasteiger partial charge in [0.25, 0.3) is 0 Å². The topological polar surface area (TPSA) is 0 Å². The number of hydrogen-bond acceptors (Lipinski definition) is 0. The molecule has 1 heteroatoms. The summed E-state index contributed by atoms with van der Waals surface area (Å²) >= 11 is 3.64. The van der Waals surface area contributed by atoms with Crippen molar-refractivity contribution in [2.24, 2.45) is 0 Å². The van der Waals surface area contributed by atoms with Crippen LogP contribution in [0, 0.1) is 0 Å². The van der Waals surface area contributed by atoms with Crippen LogP contribution in [0.4, 0.5) is 0 Å². The summed E-state index contributed by atoms with van der Waals surface area (Å²) in [5.41, 5.74) is 12.7. The zero-order valence-corrected chi connectivity index (χ0v) is 24.9. The summed E-state index contributed by atoms with van der Waals surface area (Å²) in [4.78, 5) is 0. The van der Waals surface area contributed by atoms with Gasteiger partial charge in [-0.2, -0.15) is 0 Å². The fourth-order valence-electron chi connectivity index (χ4n) is 7.70. The fourth-order valence-corrected chi connectivity index (χ4v) is 8.08. The van der Waals surface area contributed by atoms with Gasteiger partial charge in [0.05, 0.1) is 0 Å². The highest BCUT2D eigenvalue weighted by molar-refractivity contribution is 9.10. The van der Waals surface area contributed by atoms with E-state index in [1.54, 1.807) is 0 Å². The molecule has 0 aliphatic heterocycles. The lowest BCUT2D eigenvalue weighted by molar-refractivity contribution is 0.594. The Hall–Kier alpha value is -3.68. The highest BCUT2D eigenvalue weighted by Gasteiger charge is 2.42. The van der Waals surface area contributed by atoms with Crippen LogP contribution >= 0.6 is 15.9 Å². The molecule has 0 aromatic heterocycles. The van der Waals surface area contributed by atoms with Crippen LogP contribution < -0.4 is 0 Å². The predicted molar refractivity (Wildman–Crippen MR) is 173 cm³/mol. The molecular formula is C39H31Br. The van der Waals surface area contributed by atoms with Gasteiger partial charge in [0.15, 0.2) is 0 Å². The number of hydrogen-bond donors (Lipinski definition) is 0. The lowest BCUT2D eigenvalue weighted by Gasteiger charge is -2.41. The minimum absolute atomic E-state index is 0.0246. The summed E-state index contributed by atoms with van der Waals surface area (Å²) in [5.74, 6) is 0.189. The molecule has 194 valence electrons. The largest absolute Gasteiger partial charge is 0.0619 e. The quantitative estimate of drug-likeness (QED) is 0.170. The van der Waals surface area contributed by atoms with Gasteiger partial charge < -0.3 is 0 Å². The van der Waals surface area contributed by atoms with Gasteiger partial charge >= 0.3 is 0 Å². The SMILES string of the molecule is CC1(C)c2ccccc2-c2cc3c(cc21)C(c1ccc2cc4cc(Br)ccc4cc2c1)c1ccccc1C3(C)C. The Morgan fingerprint density at radius 1 is 0.475 bits per heavy atom. The van der Waals surface area contributed by atoms with Crippen molar-refractivity contribution in [1.29, 1.82) is 0 Å². The Morgan fingerprint density at radius 3 is 1.93 bits per heavy atom. The van der Waals surface area contributed by atoms with Crippen LogP contribution in [-0.2, 0) is 10.8 Å². The van der Waals surface area contributed by atoms with Crippen LogP contribution in [0.1, 0.15) is 72.6 Å². The molecule has 0 saturated carbocycles. The van der Waals surface area contributed by atoms with E-state index in [-0.39, 0.29) is 16.7 Å². The van der Waals surface area contributed by atoms with E-state index in [1.807, 2.05) is 0 Å². The molecular weight excluding hydrogens is 548 g/mol. The van der Waals surface area contributed by atoms with Crippen molar-refractivity contribution in [2.45, 2.75) is 44.4 Å². The summed E-state index contributed by atoms with van der Waals surface area (Å²) in [5, 5.41) is 5.12. The van der Waals surface area contributed by atoms with E-state index in [4.69, 9.17) is 0 Å². The summed E-state index contributed by atoms with van der Waals surface area (Å²) in [7, 11) is 0. The van der Waals surface area contributed by atoms with E-state index in [0.29, 0.717) is 0 Å². The number of benzene rings is 6. The van der Waals surface area contributed by atoms with Crippen LogP contribution in [0.2, 0.25) is 0 Å². The van der Waals surface area contributed by atoms with Gasteiger partial charge in [0.1, 0.15) is 0 Å². The maximum Gasteiger partial charge on any atom is 0.0346 e. The van der Waals surface area contributed by atoms with E-state index in [9.17, 15) is 0 Å². The monoisotopic (exact) mass is 578 g/mol. The van der Waals surface area contributed by atoms with Crippen LogP contribution in [0.25, 0.3) is 32.7 Å². The standard InChI is InChI=1S/C39H31Br/c1-38(2)33-11-7-5-9-29(33)31-21-36-32(22-35(31)38)37(30-10-6-8-12-34(30)39(36,3)4)25-14-13-23-18-27-20-28(40)16-15-24(27)17-26(23)19-25/h5-22,37H,1-4H3. The molecule has 2 aliphatic carbocycles. The first-order valence-corrected chi connectivity index (χ1v) is 15.0. The highest BCUT2D eigenvalue weighted by Crippen LogP contribution is 2.55. The molecule has 0 saturated heterocycles. The van der Waals surface area contributed by atoms with E-state index in [2.05, 4.69) is 153 Å². The van der Waals surface area contributed by atoms with E-state index >= 15 is 0 Å². The highest BCUT2D eigenvalue weighted by atomic mass is 79.9. The van der Waals surface area contributed by atoms with Gasteiger partial charge in [-0.3, -0.25) is 0 Å². The molecule has 0 nitrogen and oxygen atoms in total. The number of fused-ring (bicyclic) bond motifs is 7. The molecule has 40 heavy (non-hydrogen) atoms. The van der Waals surface area contributed by atoms with Crippen molar-refractivity contribution < 1.29 is 0 Å². The molecule has 0 bridgehead atoms. The van der Waals surface area contributed by atoms with Gasteiger partial charge in [0, 0.05) is 21.2 Å². The number of rotatable bonds is 1. The molecule has 0 fully saturated rings. The minimum atomic E-state index is -0.0838. The van der Waals surface area contributed by atoms with Crippen molar-refractivity contribution in [1.82, 2.24) is 0 Å². The summed E-state index contributed by atoms with van der Waals surface area (Å²) in [6.45, 7) is 9.59. The van der Waals surface area contributed by atoms with Gasteiger partial charge in [-0.25, -0.2) is 0 Å². The predicted octanol–water partition coefficient (Wildman–Crippen LogP) is 10.9. The Morgan fingerprint density at radius 2 is 1.12 bits per heavy atom. The van der Waals surface area contributed by atoms with Crippen molar-refractivity contribution in [3.8, 4) is 11.1 Å². The second-order valence-corrected chi connectivity index (χ2v) is 13.7. The molecule has 0 N–H and O–H groups in total. The van der Waals surface area contributed by atoms with Gasteiger partial charge in [0.2, 0.25) is 0 Å². The average molecular weight is 580 g/mol. The first kappa shape index (κ1) is 24.1. The van der Waals surface area contributed by atoms with Gasteiger partial charge in [-0.15, -0.1) is 0 Å². The van der Waals surface area contributed by atoms with Crippen molar-refractivity contribution in [3.63, 3.8) is 0 Å². The Balaban J connectivity index is 1.40. The smallest absolute Gasteiger partial charge is 0.0346 e. The summed E-state index contributed by atoms with van der Waals surface area (Å²) < 4.78 is 1.12. The Bertz CT molecular complexity index is 2020. The molecule has 2 aliphatic rings. The first-order valence-electron chi connectivity index (χ1n) is 14.2. The lowest BCUT2D eigenvalue weighted by atomic mass is 9.62. The summed E-state index contributed by atoms with van der Waals surface area (Å²) in [6, 6.07) is 41.6. The zero-order chi connectivity index (χ0) is 27.4. The molecule has 0 spiro atoms. The minimum Gasteiger partial charge on any atom is -0.0619 e. The third kappa shape index (κ3) is 3.25. The molecule has 1 unspecified atom stereocenters. The summed E-state index contributed by atoms with van der Waals surface area (Å²) in [6.07, 6.45) is 0. The third-order valence-corrected chi connectivity index (χ3v) is 10.3. The Kier molecular flexibility index (Phi) is 4.94. The maximum atomic E-state index is 3.64. The first-order chi connectivity index (χ1) is 19.2. The Labute approximate surface area is 244 Å². The molecule has 0 heterocycles. The molecule has 6 aromatic carbocycles. The third-order valence-electron chi connectivity index (χ3n) is 9.80. The molecule has 0 amide bonds. The van der Waals surface area contributed by atoms with Crippen molar-refractivity contribution in [2.75, 3.05) is 0 Å². The fraction of sp³-hybridized carbons (Fsp3) is 0.179. The van der Waals surface area contributed by atoms with Crippen LogP contribution in [0.5, 0.6) is 0 Å². The molecule has 1 atom stereocenters. The normalized spacial score (nSPS) is 17.8. The van der Waals surface area contributed by atoms with E-state index in [1.165, 1.54) is 71.6 Å². The van der Waals surface area contributed by atoms with Crippen molar-refractivity contribution in [3.05, 3.63) is 153 Å². The molecule has 6 aromatic rings. The molecule has 0 radical (unpaired) electrons. The second-order valence-electron chi connectivity index (χ2n) is 12.8. The van der Waals surface area contributed by atoms with Crippen LogP contribution in [-0.4, -0.2) is 0 Å². The zero-order valence-electron chi connectivity index (χ0n) is 23.3. The van der Waals surface area contributed by atoms with Gasteiger partial charge in [-0.1, -0.05) is 122 Å². The van der Waals surface area contributed by atoms with E-state index in [0.717, 1.165) is 4.47 Å². The van der Waals surface area contributed by atoms with Crippen LogP contribution in [0.15, 0.2) is 114 Å². The lowest BCUT2D eigenvalue weighted by Crippen LogP contribution is -2.30.